The van der Waals surface area contributed by atoms with Crippen LogP contribution in [-0.2, 0) is 14.4 Å². The second kappa shape index (κ2) is 9.13. The third-order valence-electron chi connectivity index (χ3n) is 8.04. The Kier molecular flexibility index (Phi) is 6.30. The predicted octanol–water partition coefficient (Wildman–Crippen LogP) is 3.02. The number of nitrogens with zero attached hydrogens (tertiary/aromatic N) is 1. The molecular formula is C27H33N3O4S. The van der Waals surface area contributed by atoms with Gasteiger partial charge in [-0.3, -0.25) is 14.4 Å². The zero-order valence-electron chi connectivity index (χ0n) is 20.4. The lowest BCUT2D eigenvalue weighted by molar-refractivity contribution is -0.141. The van der Waals surface area contributed by atoms with Crippen molar-refractivity contribution in [2.75, 3.05) is 18.5 Å². The number of fused-ring (bicyclic) bond motifs is 2. The number of amides is 3. The van der Waals surface area contributed by atoms with Crippen molar-refractivity contribution in [2.45, 2.75) is 55.7 Å². The molecule has 3 amide bonds. The average molecular weight is 496 g/mol. The summed E-state index contributed by atoms with van der Waals surface area (Å²) in [5, 5.41) is 18.2. The van der Waals surface area contributed by atoms with E-state index in [1.165, 1.54) is 0 Å². The van der Waals surface area contributed by atoms with E-state index in [9.17, 15) is 19.5 Å². The molecule has 7 atom stereocenters. The van der Waals surface area contributed by atoms with Crippen molar-refractivity contribution in [2.24, 2.45) is 17.8 Å². The number of hydrogen-bond donors (Lipinski definition) is 3. The third kappa shape index (κ3) is 3.64. The Hall–Kier alpha value is -2.58. The Morgan fingerprint density at radius 2 is 1.94 bits per heavy atom. The van der Waals surface area contributed by atoms with Crippen LogP contribution in [0.1, 0.15) is 33.6 Å². The Balaban J connectivity index is 1.52. The summed E-state index contributed by atoms with van der Waals surface area (Å²) >= 11 is 1.65. The average Bonchev–Trinajstić information content (AvgIpc) is 3.45. The number of anilines is 1. The van der Waals surface area contributed by atoms with Gasteiger partial charge >= 0.3 is 0 Å². The normalized spacial score (nSPS) is 32.1. The maximum atomic E-state index is 13.9. The number of rotatable bonds is 7. The molecule has 3 fully saturated rings. The highest BCUT2D eigenvalue weighted by molar-refractivity contribution is 8.02. The lowest BCUT2D eigenvalue weighted by Crippen LogP contribution is -2.56. The van der Waals surface area contributed by atoms with E-state index in [0.29, 0.717) is 12.2 Å². The molecule has 3 saturated heterocycles. The maximum Gasteiger partial charge on any atom is 0.248 e. The predicted molar refractivity (Wildman–Crippen MR) is 138 cm³/mol. The fourth-order valence-corrected chi connectivity index (χ4v) is 8.87. The molecule has 5 rings (SSSR count). The molecule has 8 heteroatoms. The summed E-state index contributed by atoms with van der Waals surface area (Å²) in [6.07, 6.45) is 1.61. The van der Waals surface area contributed by atoms with Crippen LogP contribution >= 0.6 is 11.8 Å². The van der Waals surface area contributed by atoms with Crippen molar-refractivity contribution in [3.63, 3.8) is 0 Å². The SMILES string of the molecule is CCCNC(=O)[C@@H]1[C@H]2C(=O)N([C@H](C)CO)C(C(=O)Nc3ccc4ccccc4c3)C23S[C@@H]1CC3C. The molecule has 3 aliphatic heterocycles. The molecule has 3 aliphatic rings. The number of carbonyl (C=O) groups is 3. The molecular weight excluding hydrogens is 462 g/mol. The monoisotopic (exact) mass is 495 g/mol. The highest BCUT2D eigenvalue weighted by atomic mass is 32.2. The lowest BCUT2D eigenvalue weighted by atomic mass is 9.66. The zero-order chi connectivity index (χ0) is 24.9. The Bertz CT molecular complexity index is 1170. The molecule has 1 spiro atoms. The van der Waals surface area contributed by atoms with E-state index in [1.54, 1.807) is 23.6 Å². The minimum Gasteiger partial charge on any atom is -0.394 e. The topological polar surface area (TPSA) is 98.7 Å². The second-order valence-corrected chi connectivity index (χ2v) is 11.7. The molecule has 186 valence electrons. The van der Waals surface area contributed by atoms with Gasteiger partial charge in [-0.1, -0.05) is 44.2 Å². The number of aliphatic hydroxyl groups excluding tert-OH is 1. The van der Waals surface area contributed by atoms with Crippen LogP contribution in [0.25, 0.3) is 10.8 Å². The summed E-state index contributed by atoms with van der Waals surface area (Å²) in [6, 6.07) is 12.4. The molecule has 0 radical (unpaired) electrons. The Morgan fingerprint density at radius 1 is 1.20 bits per heavy atom. The third-order valence-corrected chi connectivity index (χ3v) is 10.1. The van der Waals surface area contributed by atoms with Crippen LogP contribution in [0.15, 0.2) is 42.5 Å². The summed E-state index contributed by atoms with van der Waals surface area (Å²) in [5.41, 5.74) is 0.667. The first-order valence-corrected chi connectivity index (χ1v) is 13.4. The van der Waals surface area contributed by atoms with Gasteiger partial charge in [0, 0.05) is 17.5 Å². The quantitative estimate of drug-likeness (QED) is 0.549. The standard InChI is InChI=1S/C27H33N3O4S/c1-4-11-28-24(32)21-20-12-15(2)27(35-20)22(21)26(34)30(16(3)14-31)23(27)25(33)29-19-10-9-17-7-5-6-8-18(17)13-19/h5-10,13,15-16,20-23,31H,4,11-12,14H2,1-3H3,(H,28,32)(H,29,33)/t15?,16-,20-,21+,22+,23?,27?/m1/s1. The molecule has 0 aliphatic carbocycles. The van der Waals surface area contributed by atoms with Gasteiger partial charge in [0.05, 0.1) is 29.2 Å². The lowest BCUT2D eigenvalue weighted by Gasteiger charge is -2.39. The number of likely N-dealkylation sites (tertiary alicyclic amines) is 1. The number of aliphatic hydroxyl groups is 1. The van der Waals surface area contributed by atoms with Crippen LogP contribution in [0, 0.1) is 17.8 Å². The number of nitrogens with one attached hydrogen (secondary N) is 2. The fourth-order valence-electron chi connectivity index (χ4n) is 6.46. The Labute approximate surface area is 210 Å². The minimum atomic E-state index is -0.761. The van der Waals surface area contributed by atoms with Crippen LogP contribution in [0.4, 0.5) is 5.69 Å². The number of thioether (sulfide) groups is 1. The van der Waals surface area contributed by atoms with E-state index in [4.69, 9.17) is 0 Å². The van der Waals surface area contributed by atoms with Gasteiger partial charge in [-0.05, 0) is 48.6 Å². The van der Waals surface area contributed by atoms with Gasteiger partial charge in [-0.25, -0.2) is 0 Å². The van der Waals surface area contributed by atoms with Crippen molar-refractivity contribution >= 4 is 45.9 Å². The van der Waals surface area contributed by atoms with Crippen LogP contribution in [0.3, 0.4) is 0 Å². The van der Waals surface area contributed by atoms with E-state index in [1.807, 2.05) is 49.4 Å². The van der Waals surface area contributed by atoms with E-state index in [0.717, 1.165) is 23.6 Å². The van der Waals surface area contributed by atoms with Crippen molar-refractivity contribution in [1.29, 1.82) is 0 Å². The van der Waals surface area contributed by atoms with Gasteiger partial charge in [0.1, 0.15) is 6.04 Å². The molecule has 2 aromatic carbocycles. The van der Waals surface area contributed by atoms with Crippen molar-refractivity contribution < 1.29 is 19.5 Å². The van der Waals surface area contributed by atoms with E-state index >= 15 is 0 Å². The van der Waals surface area contributed by atoms with Crippen LogP contribution in [-0.4, -0.2) is 63.0 Å². The van der Waals surface area contributed by atoms with Gasteiger partial charge in [0.15, 0.2) is 0 Å². The van der Waals surface area contributed by atoms with Crippen molar-refractivity contribution in [3.05, 3.63) is 42.5 Å². The second-order valence-electron chi connectivity index (χ2n) is 10.2. The molecule has 0 saturated carbocycles. The van der Waals surface area contributed by atoms with Gasteiger partial charge in [0.2, 0.25) is 17.7 Å². The summed E-state index contributed by atoms with van der Waals surface area (Å²) < 4.78 is -0.694. The van der Waals surface area contributed by atoms with E-state index < -0.39 is 28.7 Å². The molecule has 35 heavy (non-hydrogen) atoms. The fraction of sp³-hybridized carbons (Fsp3) is 0.519. The molecule has 7 nitrogen and oxygen atoms in total. The Morgan fingerprint density at radius 3 is 2.66 bits per heavy atom. The number of benzene rings is 2. The molecule has 0 aromatic heterocycles. The first-order valence-electron chi connectivity index (χ1n) is 12.5. The summed E-state index contributed by atoms with van der Waals surface area (Å²) in [4.78, 5) is 42.6. The smallest absolute Gasteiger partial charge is 0.248 e. The van der Waals surface area contributed by atoms with E-state index in [-0.39, 0.29) is 35.5 Å². The zero-order valence-corrected chi connectivity index (χ0v) is 21.2. The summed E-state index contributed by atoms with van der Waals surface area (Å²) in [5.74, 6) is -1.48. The summed E-state index contributed by atoms with van der Waals surface area (Å²) in [6.45, 7) is 6.18. The van der Waals surface area contributed by atoms with Crippen molar-refractivity contribution in [3.8, 4) is 0 Å². The van der Waals surface area contributed by atoms with Crippen molar-refractivity contribution in [1.82, 2.24) is 10.2 Å². The molecule has 3 heterocycles. The van der Waals surface area contributed by atoms with Gasteiger partial charge in [-0.2, -0.15) is 0 Å². The van der Waals surface area contributed by atoms with Gasteiger partial charge in [0.25, 0.3) is 0 Å². The maximum absolute atomic E-state index is 13.9. The molecule has 3 N–H and O–H groups in total. The van der Waals surface area contributed by atoms with Crippen LogP contribution in [0.2, 0.25) is 0 Å². The molecule has 2 aromatic rings. The van der Waals surface area contributed by atoms with Crippen LogP contribution < -0.4 is 10.6 Å². The number of carbonyl (C=O) groups excluding carboxylic acids is 3. The highest BCUT2D eigenvalue weighted by Gasteiger charge is 2.76. The number of hydrogen-bond acceptors (Lipinski definition) is 5. The van der Waals surface area contributed by atoms with Crippen LogP contribution in [0.5, 0.6) is 0 Å². The van der Waals surface area contributed by atoms with Gasteiger partial charge < -0.3 is 20.6 Å². The van der Waals surface area contributed by atoms with E-state index in [2.05, 4.69) is 17.6 Å². The first-order chi connectivity index (χ1) is 16.8. The largest absolute Gasteiger partial charge is 0.394 e. The minimum absolute atomic E-state index is 0.0124. The molecule has 2 bridgehead atoms. The summed E-state index contributed by atoms with van der Waals surface area (Å²) in [7, 11) is 0. The highest BCUT2D eigenvalue weighted by Crippen LogP contribution is 2.68. The molecule has 3 unspecified atom stereocenters. The van der Waals surface area contributed by atoms with Gasteiger partial charge in [-0.15, -0.1) is 11.8 Å². The first kappa shape index (κ1) is 24.1.